The van der Waals surface area contributed by atoms with Crippen LogP contribution in [-0.2, 0) is 6.54 Å². The number of hydrogen-bond acceptors (Lipinski definition) is 5. The highest BCUT2D eigenvalue weighted by molar-refractivity contribution is 5.96. The van der Waals surface area contributed by atoms with E-state index in [0.29, 0.717) is 12.1 Å². The van der Waals surface area contributed by atoms with Gasteiger partial charge >= 0.3 is 0 Å². The van der Waals surface area contributed by atoms with Crippen LogP contribution in [0.5, 0.6) is 0 Å². The van der Waals surface area contributed by atoms with Crippen LogP contribution in [0.3, 0.4) is 0 Å². The second-order valence-electron chi connectivity index (χ2n) is 7.81. The van der Waals surface area contributed by atoms with Gasteiger partial charge in [0, 0.05) is 49.5 Å². The SMILES string of the molecule is O=[N+]([O-])c1c(CN2CCN(c3ccccc3)CC2)c2ccocc-2c1-c1ccccc1. The van der Waals surface area contributed by atoms with E-state index < -0.39 is 0 Å². The summed E-state index contributed by atoms with van der Waals surface area (Å²) in [5.74, 6) is 0. The Kier molecular flexibility index (Phi) is 5.14. The van der Waals surface area contributed by atoms with Crippen LogP contribution in [0.15, 0.2) is 83.7 Å². The lowest BCUT2D eigenvalue weighted by molar-refractivity contribution is -0.384. The number of para-hydroxylation sites is 1. The van der Waals surface area contributed by atoms with Gasteiger partial charge in [0.1, 0.15) is 0 Å². The monoisotopic (exact) mass is 413 g/mol. The van der Waals surface area contributed by atoms with Gasteiger partial charge in [-0.2, -0.15) is 0 Å². The first-order valence-corrected chi connectivity index (χ1v) is 10.5. The van der Waals surface area contributed by atoms with Gasteiger partial charge in [0.25, 0.3) is 5.69 Å². The van der Waals surface area contributed by atoms with Crippen LogP contribution in [0.1, 0.15) is 5.56 Å². The average Bonchev–Trinajstić information content (AvgIpc) is 3.15. The Bertz CT molecular complexity index is 1150. The molecule has 6 nitrogen and oxygen atoms in total. The summed E-state index contributed by atoms with van der Waals surface area (Å²) in [6.07, 6.45) is 3.22. The predicted octanol–water partition coefficient (Wildman–Crippen LogP) is 5.28. The molecular weight excluding hydrogens is 390 g/mol. The van der Waals surface area contributed by atoms with Gasteiger partial charge in [-0.05, 0) is 23.8 Å². The van der Waals surface area contributed by atoms with Crippen molar-refractivity contribution >= 4 is 11.4 Å². The Morgan fingerprint density at radius 1 is 0.871 bits per heavy atom. The molecule has 31 heavy (non-hydrogen) atoms. The summed E-state index contributed by atoms with van der Waals surface area (Å²) in [7, 11) is 0. The van der Waals surface area contributed by atoms with E-state index in [2.05, 4.69) is 34.1 Å². The zero-order valence-electron chi connectivity index (χ0n) is 17.1. The fourth-order valence-corrected chi connectivity index (χ4v) is 4.52. The zero-order valence-corrected chi connectivity index (χ0v) is 17.1. The molecule has 0 spiro atoms. The van der Waals surface area contributed by atoms with E-state index >= 15 is 0 Å². The van der Waals surface area contributed by atoms with Crippen LogP contribution in [-0.4, -0.2) is 36.0 Å². The maximum Gasteiger partial charge on any atom is 0.283 e. The highest BCUT2D eigenvalue weighted by atomic mass is 16.6. The number of nitrogens with zero attached hydrogens (tertiary/aromatic N) is 3. The van der Waals surface area contributed by atoms with Gasteiger partial charge in [-0.1, -0.05) is 48.5 Å². The van der Waals surface area contributed by atoms with Gasteiger partial charge in [-0.25, -0.2) is 0 Å². The molecule has 156 valence electrons. The molecule has 5 rings (SSSR count). The number of benzene rings is 2. The molecule has 0 radical (unpaired) electrons. The summed E-state index contributed by atoms with van der Waals surface area (Å²) in [4.78, 5) is 16.6. The van der Waals surface area contributed by atoms with Crippen LogP contribution in [0.25, 0.3) is 22.3 Å². The molecule has 6 heteroatoms. The molecule has 3 aliphatic rings. The minimum atomic E-state index is -0.238. The fraction of sp³-hybridized carbons (Fsp3) is 0.200. The first kappa shape index (κ1) is 19.3. The molecule has 0 aromatic heterocycles. The summed E-state index contributed by atoms with van der Waals surface area (Å²) >= 11 is 0. The number of fused-ring (bicyclic) bond motifs is 1. The van der Waals surface area contributed by atoms with Crippen molar-refractivity contribution in [1.29, 1.82) is 0 Å². The highest BCUT2D eigenvalue weighted by Crippen LogP contribution is 2.48. The molecule has 1 aliphatic carbocycles. The van der Waals surface area contributed by atoms with E-state index in [4.69, 9.17) is 4.42 Å². The Morgan fingerprint density at radius 2 is 1.55 bits per heavy atom. The topological polar surface area (TPSA) is 62.8 Å². The Hall–Kier alpha value is -3.64. The van der Waals surface area contributed by atoms with Crippen LogP contribution in [0.4, 0.5) is 11.4 Å². The minimum Gasteiger partial charge on any atom is -0.472 e. The molecule has 2 aromatic carbocycles. The van der Waals surface area contributed by atoms with Crippen LogP contribution >= 0.6 is 0 Å². The lowest BCUT2D eigenvalue weighted by Gasteiger charge is -2.36. The van der Waals surface area contributed by atoms with Gasteiger partial charge in [0.2, 0.25) is 0 Å². The predicted molar refractivity (Wildman–Crippen MR) is 121 cm³/mol. The fourth-order valence-electron chi connectivity index (χ4n) is 4.52. The number of hydrogen-bond donors (Lipinski definition) is 0. The molecule has 1 fully saturated rings. The molecule has 0 unspecified atom stereocenters. The van der Waals surface area contributed by atoms with Crippen molar-refractivity contribution in [3.8, 4) is 22.3 Å². The third-order valence-corrected chi connectivity index (χ3v) is 6.03. The quantitative estimate of drug-likeness (QED) is 0.329. The van der Waals surface area contributed by atoms with E-state index in [0.717, 1.165) is 48.4 Å². The standard InChI is InChI=1S/C25H23N3O3/c29-28(30)25-22(17-26-12-14-27(15-13-26)20-9-5-2-6-10-20)21-11-16-31-18-23(21)24(25)19-7-3-1-4-8-19/h1-11,16,18H,12-15,17H2. The summed E-state index contributed by atoms with van der Waals surface area (Å²) in [5, 5.41) is 12.2. The molecule has 2 aromatic rings. The first-order chi connectivity index (χ1) is 15.2. The summed E-state index contributed by atoms with van der Waals surface area (Å²) in [6, 6.07) is 21.8. The van der Waals surface area contributed by atoms with E-state index in [-0.39, 0.29) is 10.6 Å². The molecular formula is C25H23N3O3. The number of anilines is 1. The zero-order chi connectivity index (χ0) is 21.2. The average molecular weight is 413 g/mol. The minimum absolute atomic E-state index is 0.188. The van der Waals surface area contributed by atoms with Crippen molar-refractivity contribution in [2.24, 2.45) is 0 Å². The largest absolute Gasteiger partial charge is 0.472 e. The number of nitro groups is 1. The van der Waals surface area contributed by atoms with Crippen molar-refractivity contribution in [2.45, 2.75) is 6.54 Å². The van der Waals surface area contributed by atoms with Crippen LogP contribution in [0, 0.1) is 10.1 Å². The summed E-state index contributed by atoms with van der Waals surface area (Å²) in [5.41, 5.74) is 5.33. The van der Waals surface area contributed by atoms with Gasteiger partial charge in [-0.3, -0.25) is 15.0 Å². The van der Waals surface area contributed by atoms with Crippen molar-refractivity contribution < 1.29 is 9.34 Å². The van der Waals surface area contributed by atoms with Crippen molar-refractivity contribution in [2.75, 3.05) is 31.1 Å². The summed E-state index contributed by atoms with van der Waals surface area (Å²) < 4.78 is 5.41. The Morgan fingerprint density at radius 3 is 2.23 bits per heavy atom. The Balaban J connectivity index is 1.47. The third kappa shape index (κ3) is 3.66. The molecule has 0 saturated carbocycles. The molecule has 0 atom stereocenters. The van der Waals surface area contributed by atoms with Crippen molar-refractivity contribution in [3.05, 3.63) is 94.9 Å². The molecule has 0 bridgehead atoms. The van der Waals surface area contributed by atoms with Gasteiger partial charge in [-0.15, -0.1) is 0 Å². The van der Waals surface area contributed by atoms with Gasteiger partial charge in [0.15, 0.2) is 0 Å². The lowest BCUT2D eigenvalue weighted by atomic mass is 10.0. The molecule has 2 heterocycles. The number of rotatable bonds is 5. The summed E-state index contributed by atoms with van der Waals surface area (Å²) in [6.45, 7) is 4.06. The van der Waals surface area contributed by atoms with E-state index in [1.807, 2.05) is 42.5 Å². The van der Waals surface area contributed by atoms with Crippen LogP contribution in [0.2, 0.25) is 0 Å². The second kappa shape index (κ2) is 8.24. The maximum absolute atomic E-state index is 12.2. The Labute approximate surface area is 180 Å². The number of piperazine rings is 1. The van der Waals surface area contributed by atoms with Crippen molar-refractivity contribution in [3.63, 3.8) is 0 Å². The smallest absolute Gasteiger partial charge is 0.283 e. The second-order valence-corrected chi connectivity index (χ2v) is 7.81. The van der Waals surface area contributed by atoms with E-state index in [1.54, 1.807) is 12.5 Å². The highest BCUT2D eigenvalue weighted by Gasteiger charge is 2.33. The third-order valence-electron chi connectivity index (χ3n) is 6.03. The van der Waals surface area contributed by atoms with Gasteiger partial charge < -0.3 is 9.32 Å². The van der Waals surface area contributed by atoms with Crippen LogP contribution < -0.4 is 4.90 Å². The van der Waals surface area contributed by atoms with Crippen molar-refractivity contribution in [1.82, 2.24) is 4.90 Å². The molecule has 2 aliphatic heterocycles. The molecule has 0 amide bonds. The lowest BCUT2D eigenvalue weighted by Crippen LogP contribution is -2.46. The normalized spacial score (nSPS) is 14.8. The van der Waals surface area contributed by atoms with Gasteiger partial charge in [0.05, 0.1) is 28.6 Å². The first-order valence-electron chi connectivity index (χ1n) is 10.5. The molecule has 0 N–H and O–H groups in total. The molecule has 1 saturated heterocycles. The van der Waals surface area contributed by atoms with E-state index in [1.165, 1.54) is 5.69 Å². The van der Waals surface area contributed by atoms with E-state index in [9.17, 15) is 10.1 Å². The maximum atomic E-state index is 12.2.